The van der Waals surface area contributed by atoms with Crippen LogP contribution in [0.4, 0.5) is 0 Å². The molecule has 2 rings (SSSR count). The highest BCUT2D eigenvalue weighted by Crippen LogP contribution is 2.30. The molecular weight excluding hydrogens is 294 g/mol. The molecule has 1 aliphatic carbocycles. The molecule has 1 N–H and O–H groups in total. The molecular formula is C14H20BrNO2. The van der Waals surface area contributed by atoms with Gasteiger partial charge >= 0.3 is 0 Å². The van der Waals surface area contributed by atoms with Crippen molar-refractivity contribution in [3.05, 3.63) is 22.6 Å². The van der Waals surface area contributed by atoms with Crippen molar-refractivity contribution in [2.24, 2.45) is 5.92 Å². The summed E-state index contributed by atoms with van der Waals surface area (Å²) >= 11 is 3.21. The number of nitrogens with one attached hydrogen (secondary N) is 1. The highest BCUT2D eigenvalue weighted by molar-refractivity contribution is 9.10. The first kappa shape index (κ1) is 13.7. The van der Waals surface area contributed by atoms with Crippen LogP contribution in [0.5, 0.6) is 0 Å². The molecule has 1 aromatic rings. The summed E-state index contributed by atoms with van der Waals surface area (Å²) in [5.74, 6) is 0.949. The van der Waals surface area contributed by atoms with Crippen molar-refractivity contribution >= 4 is 21.8 Å². The van der Waals surface area contributed by atoms with E-state index >= 15 is 0 Å². The standard InChI is InChI=1S/C14H20BrNO2/c1-2-3-5-10-6-4-7-11(10)16-14(17)12-8-9-13(15)18-12/h8-11H,2-7H2,1H3,(H,16,17). The Labute approximate surface area is 116 Å². The summed E-state index contributed by atoms with van der Waals surface area (Å²) in [6.07, 6.45) is 7.27. The van der Waals surface area contributed by atoms with Crippen molar-refractivity contribution in [1.29, 1.82) is 0 Å². The van der Waals surface area contributed by atoms with Gasteiger partial charge in [0.05, 0.1) is 0 Å². The van der Waals surface area contributed by atoms with E-state index in [1.54, 1.807) is 12.1 Å². The van der Waals surface area contributed by atoms with Gasteiger partial charge in [-0.15, -0.1) is 0 Å². The molecule has 2 unspecified atom stereocenters. The number of rotatable bonds is 5. The second-order valence-electron chi connectivity index (χ2n) is 5.02. The van der Waals surface area contributed by atoms with Crippen LogP contribution in [0, 0.1) is 5.92 Å². The molecule has 1 saturated carbocycles. The number of furan rings is 1. The molecule has 0 aliphatic heterocycles. The van der Waals surface area contributed by atoms with E-state index in [0.717, 1.165) is 6.42 Å². The van der Waals surface area contributed by atoms with E-state index in [2.05, 4.69) is 28.2 Å². The minimum absolute atomic E-state index is 0.0888. The third-order valence-corrected chi connectivity index (χ3v) is 4.13. The topological polar surface area (TPSA) is 42.2 Å². The van der Waals surface area contributed by atoms with Gasteiger partial charge in [0.15, 0.2) is 10.4 Å². The van der Waals surface area contributed by atoms with Gasteiger partial charge in [-0.3, -0.25) is 4.79 Å². The van der Waals surface area contributed by atoms with Crippen LogP contribution >= 0.6 is 15.9 Å². The van der Waals surface area contributed by atoms with E-state index in [4.69, 9.17) is 4.42 Å². The Morgan fingerprint density at radius 1 is 1.50 bits per heavy atom. The van der Waals surface area contributed by atoms with Gasteiger partial charge in [0.25, 0.3) is 5.91 Å². The lowest BCUT2D eigenvalue weighted by Gasteiger charge is -2.20. The third kappa shape index (κ3) is 3.37. The van der Waals surface area contributed by atoms with E-state index in [9.17, 15) is 4.79 Å². The predicted molar refractivity (Wildman–Crippen MR) is 74.5 cm³/mol. The first-order chi connectivity index (χ1) is 8.70. The van der Waals surface area contributed by atoms with Gasteiger partial charge in [-0.25, -0.2) is 0 Å². The summed E-state index contributed by atoms with van der Waals surface area (Å²) in [6.45, 7) is 2.21. The number of carbonyl (C=O) groups is 1. The Balaban J connectivity index is 1.90. The summed E-state index contributed by atoms with van der Waals surface area (Å²) in [5, 5.41) is 3.11. The molecule has 1 aliphatic rings. The normalized spacial score (nSPS) is 23.2. The Kier molecular flexibility index (Phi) is 4.87. The minimum Gasteiger partial charge on any atom is -0.444 e. The zero-order chi connectivity index (χ0) is 13.0. The molecule has 0 spiro atoms. The monoisotopic (exact) mass is 313 g/mol. The molecule has 1 aromatic heterocycles. The van der Waals surface area contributed by atoms with Crippen LogP contribution in [0.1, 0.15) is 56.0 Å². The average molecular weight is 314 g/mol. The quantitative estimate of drug-likeness (QED) is 0.888. The smallest absolute Gasteiger partial charge is 0.287 e. The maximum atomic E-state index is 12.0. The number of hydrogen-bond donors (Lipinski definition) is 1. The Hall–Kier alpha value is -0.770. The van der Waals surface area contributed by atoms with Crippen LogP contribution < -0.4 is 5.32 Å². The number of hydrogen-bond acceptors (Lipinski definition) is 2. The molecule has 0 saturated heterocycles. The van der Waals surface area contributed by atoms with E-state index in [1.165, 1.54) is 32.1 Å². The molecule has 18 heavy (non-hydrogen) atoms. The third-order valence-electron chi connectivity index (χ3n) is 3.70. The zero-order valence-corrected chi connectivity index (χ0v) is 12.3. The average Bonchev–Trinajstić information content (AvgIpc) is 2.96. The van der Waals surface area contributed by atoms with Gasteiger partial charge in [-0.2, -0.15) is 0 Å². The highest BCUT2D eigenvalue weighted by atomic mass is 79.9. The summed E-state index contributed by atoms with van der Waals surface area (Å²) in [7, 11) is 0. The van der Waals surface area contributed by atoms with E-state index in [0.29, 0.717) is 22.4 Å². The van der Waals surface area contributed by atoms with Crippen molar-refractivity contribution in [2.45, 2.75) is 51.5 Å². The lowest BCUT2D eigenvalue weighted by molar-refractivity contribution is 0.0897. The minimum atomic E-state index is -0.0888. The summed E-state index contributed by atoms with van der Waals surface area (Å²) in [6, 6.07) is 3.78. The van der Waals surface area contributed by atoms with Crippen LogP contribution in [-0.4, -0.2) is 11.9 Å². The van der Waals surface area contributed by atoms with Gasteiger partial charge in [0, 0.05) is 6.04 Å². The Bertz CT molecular complexity index is 402. The van der Waals surface area contributed by atoms with Crippen LogP contribution in [-0.2, 0) is 0 Å². The first-order valence-electron chi connectivity index (χ1n) is 6.77. The molecule has 3 nitrogen and oxygen atoms in total. The fourth-order valence-corrected chi connectivity index (χ4v) is 3.02. The van der Waals surface area contributed by atoms with E-state index in [1.807, 2.05) is 0 Å². The lowest BCUT2D eigenvalue weighted by Crippen LogP contribution is -2.37. The first-order valence-corrected chi connectivity index (χ1v) is 7.56. The van der Waals surface area contributed by atoms with E-state index < -0.39 is 0 Å². The molecule has 0 bridgehead atoms. The molecule has 100 valence electrons. The number of amides is 1. The summed E-state index contributed by atoms with van der Waals surface area (Å²) < 4.78 is 5.88. The number of halogens is 1. The maximum Gasteiger partial charge on any atom is 0.287 e. The van der Waals surface area contributed by atoms with Gasteiger partial charge in [0.2, 0.25) is 0 Å². The molecule has 1 fully saturated rings. The summed E-state index contributed by atoms with van der Waals surface area (Å²) in [4.78, 5) is 12.0. The Morgan fingerprint density at radius 3 is 3.00 bits per heavy atom. The summed E-state index contributed by atoms with van der Waals surface area (Å²) in [5.41, 5.74) is 0. The second-order valence-corrected chi connectivity index (χ2v) is 5.80. The van der Waals surface area contributed by atoms with Gasteiger partial charge in [-0.1, -0.05) is 26.2 Å². The molecule has 4 heteroatoms. The Morgan fingerprint density at radius 2 is 2.33 bits per heavy atom. The zero-order valence-electron chi connectivity index (χ0n) is 10.7. The fraction of sp³-hybridized carbons (Fsp3) is 0.643. The fourth-order valence-electron chi connectivity index (χ4n) is 2.71. The molecule has 2 atom stereocenters. The largest absolute Gasteiger partial charge is 0.444 e. The highest BCUT2D eigenvalue weighted by Gasteiger charge is 2.28. The van der Waals surface area contributed by atoms with Crippen molar-refractivity contribution in [3.8, 4) is 0 Å². The van der Waals surface area contributed by atoms with E-state index in [-0.39, 0.29) is 5.91 Å². The van der Waals surface area contributed by atoms with Crippen molar-refractivity contribution in [3.63, 3.8) is 0 Å². The van der Waals surface area contributed by atoms with Crippen molar-refractivity contribution in [1.82, 2.24) is 5.32 Å². The number of carbonyl (C=O) groups excluding carboxylic acids is 1. The van der Waals surface area contributed by atoms with Crippen LogP contribution in [0.3, 0.4) is 0 Å². The van der Waals surface area contributed by atoms with Gasteiger partial charge in [-0.05, 0) is 53.2 Å². The lowest BCUT2D eigenvalue weighted by atomic mass is 9.97. The van der Waals surface area contributed by atoms with Crippen LogP contribution in [0.25, 0.3) is 0 Å². The molecule has 0 radical (unpaired) electrons. The molecule has 1 heterocycles. The number of unbranched alkanes of at least 4 members (excludes halogenated alkanes) is 1. The van der Waals surface area contributed by atoms with Crippen molar-refractivity contribution in [2.75, 3.05) is 0 Å². The van der Waals surface area contributed by atoms with Gasteiger partial charge in [0.1, 0.15) is 0 Å². The van der Waals surface area contributed by atoms with Crippen LogP contribution in [0.2, 0.25) is 0 Å². The van der Waals surface area contributed by atoms with Crippen LogP contribution in [0.15, 0.2) is 21.2 Å². The molecule has 0 aromatic carbocycles. The van der Waals surface area contributed by atoms with Gasteiger partial charge < -0.3 is 9.73 Å². The second kappa shape index (κ2) is 6.41. The molecule has 1 amide bonds. The van der Waals surface area contributed by atoms with Crippen molar-refractivity contribution < 1.29 is 9.21 Å². The maximum absolute atomic E-state index is 12.0. The SMILES string of the molecule is CCCCC1CCCC1NC(=O)c1ccc(Br)o1. The predicted octanol–water partition coefficient (Wildman–Crippen LogP) is 4.13.